The van der Waals surface area contributed by atoms with Crippen LogP contribution in [0.25, 0.3) is 11.0 Å². The van der Waals surface area contributed by atoms with Gasteiger partial charge in [-0.05, 0) is 37.1 Å². The SMILES string of the molecule is CCc1nc2cc(C(=O)N3CCC[C@H]3C(=O)OC)cc(NC(=O)c3ccccc3OC)c2n1C. The summed E-state index contributed by atoms with van der Waals surface area (Å²) in [7, 11) is 4.70. The Morgan fingerprint density at radius 2 is 1.94 bits per heavy atom. The standard InChI is InChI=1S/C25H28N4O5/c1-5-21-26-17-13-15(24(31)29-12-8-10-19(29)25(32)34-4)14-18(22(17)28(21)2)27-23(30)16-9-6-7-11-20(16)33-3/h6-7,9,11,13-14,19H,5,8,10,12H2,1-4H3,(H,27,30)/t19-/m0/s1. The van der Waals surface area contributed by atoms with Crippen molar-refractivity contribution in [1.82, 2.24) is 14.5 Å². The second-order valence-electron chi connectivity index (χ2n) is 8.17. The van der Waals surface area contributed by atoms with E-state index in [1.54, 1.807) is 36.4 Å². The van der Waals surface area contributed by atoms with Crippen molar-refractivity contribution in [1.29, 1.82) is 0 Å². The highest BCUT2D eigenvalue weighted by Gasteiger charge is 2.35. The van der Waals surface area contributed by atoms with Crippen LogP contribution >= 0.6 is 0 Å². The zero-order chi connectivity index (χ0) is 24.4. The number of rotatable bonds is 6. The molecule has 3 aromatic rings. The number of methoxy groups -OCH3 is 2. The Morgan fingerprint density at radius 3 is 2.65 bits per heavy atom. The van der Waals surface area contributed by atoms with Gasteiger partial charge >= 0.3 is 5.97 Å². The fourth-order valence-corrected chi connectivity index (χ4v) is 4.51. The quantitative estimate of drug-likeness (QED) is 0.562. The van der Waals surface area contributed by atoms with Gasteiger partial charge in [-0.1, -0.05) is 19.1 Å². The van der Waals surface area contributed by atoms with Crippen LogP contribution in [0.5, 0.6) is 5.75 Å². The number of likely N-dealkylation sites (tertiary alicyclic amines) is 1. The maximum atomic E-state index is 13.4. The number of imidazole rings is 1. The molecular formula is C25H28N4O5. The summed E-state index contributed by atoms with van der Waals surface area (Å²) in [6.07, 6.45) is 1.96. The number of ether oxygens (including phenoxy) is 2. The topological polar surface area (TPSA) is 103 Å². The maximum Gasteiger partial charge on any atom is 0.328 e. The first-order valence-corrected chi connectivity index (χ1v) is 11.2. The summed E-state index contributed by atoms with van der Waals surface area (Å²) in [5, 5.41) is 2.94. The van der Waals surface area contributed by atoms with E-state index in [0.717, 1.165) is 5.82 Å². The Kier molecular flexibility index (Phi) is 6.54. The molecule has 1 saturated heterocycles. The fraction of sp³-hybridized carbons (Fsp3) is 0.360. The Bertz CT molecular complexity index is 1270. The summed E-state index contributed by atoms with van der Waals surface area (Å²) in [6, 6.07) is 9.67. The monoisotopic (exact) mass is 464 g/mol. The van der Waals surface area contributed by atoms with Crippen molar-refractivity contribution in [3.8, 4) is 5.75 Å². The van der Waals surface area contributed by atoms with Gasteiger partial charge in [0.2, 0.25) is 0 Å². The molecule has 9 heteroatoms. The molecule has 0 aliphatic carbocycles. The molecule has 0 radical (unpaired) electrons. The number of para-hydroxylation sites is 1. The van der Waals surface area contributed by atoms with Crippen molar-refractivity contribution >= 4 is 34.5 Å². The summed E-state index contributed by atoms with van der Waals surface area (Å²) < 4.78 is 12.1. The van der Waals surface area contributed by atoms with Crippen molar-refractivity contribution in [3.05, 3.63) is 53.3 Å². The number of anilines is 1. The highest BCUT2D eigenvalue weighted by molar-refractivity contribution is 6.11. The number of nitrogens with one attached hydrogen (secondary N) is 1. The first-order chi connectivity index (χ1) is 16.4. The smallest absolute Gasteiger partial charge is 0.328 e. The van der Waals surface area contributed by atoms with E-state index in [1.807, 2.05) is 18.5 Å². The summed E-state index contributed by atoms with van der Waals surface area (Å²) in [5.74, 6) is 0.173. The molecular weight excluding hydrogens is 436 g/mol. The van der Waals surface area contributed by atoms with Gasteiger partial charge in [0.15, 0.2) is 0 Å². The molecule has 1 atom stereocenters. The molecule has 0 bridgehead atoms. The summed E-state index contributed by atoms with van der Waals surface area (Å²) >= 11 is 0. The van der Waals surface area contributed by atoms with E-state index in [1.165, 1.54) is 19.1 Å². The average molecular weight is 465 g/mol. The third-order valence-corrected chi connectivity index (χ3v) is 6.21. The minimum atomic E-state index is -0.616. The predicted octanol–water partition coefficient (Wildman–Crippen LogP) is 3.17. The molecule has 0 unspecified atom stereocenters. The number of aromatic nitrogens is 2. The number of nitrogens with zero attached hydrogens (tertiary/aromatic N) is 3. The molecule has 0 spiro atoms. The van der Waals surface area contributed by atoms with Crippen molar-refractivity contribution in [2.45, 2.75) is 32.2 Å². The van der Waals surface area contributed by atoms with Gasteiger partial charge in [-0.2, -0.15) is 0 Å². The van der Waals surface area contributed by atoms with Crippen LogP contribution in [-0.2, 0) is 23.0 Å². The lowest BCUT2D eigenvalue weighted by Gasteiger charge is -2.23. The van der Waals surface area contributed by atoms with Crippen molar-refractivity contribution in [2.75, 3.05) is 26.1 Å². The molecule has 2 aromatic carbocycles. The summed E-state index contributed by atoms with van der Waals surface area (Å²) in [5.41, 5.74) is 2.48. The van der Waals surface area contributed by atoms with E-state index >= 15 is 0 Å². The number of benzene rings is 2. The van der Waals surface area contributed by atoms with E-state index in [9.17, 15) is 14.4 Å². The van der Waals surface area contributed by atoms with Crippen LogP contribution < -0.4 is 10.1 Å². The maximum absolute atomic E-state index is 13.4. The predicted molar refractivity (Wildman–Crippen MR) is 127 cm³/mol. The third-order valence-electron chi connectivity index (χ3n) is 6.21. The number of esters is 1. The van der Waals surface area contributed by atoms with Crippen LogP contribution in [0.1, 0.15) is 46.3 Å². The van der Waals surface area contributed by atoms with Crippen molar-refractivity contribution in [2.24, 2.45) is 7.05 Å². The lowest BCUT2D eigenvalue weighted by atomic mass is 10.1. The molecule has 2 amide bonds. The molecule has 1 fully saturated rings. The normalized spacial score (nSPS) is 15.4. The Morgan fingerprint density at radius 1 is 1.18 bits per heavy atom. The van der Waals surface area contributed by atoms with Gasteiger partial charge < -0.3 is 24.3 Å². The molecule has 1 aromatic heterocycles. The molecule has 34 heavy (non-hydrogen) atoms. The molecule has 1 aliphatic heterocycles. The molecule has 1 aliphatic rings. The molecule has 1 N–H and O–H groups in total. The Hall–Kier alpha value is -3.88. The van der Waals surface area contributed by atoms with Gasteiger partial charge in [0, 0.05) is 25.6 Å². The number of hydrogen-bond donors (Lipinski definition) is 1. The Labute approximate surface area is 197 Å². The number of fused-ring (bicyclic) bond motifs is 1. The number of hydrogen-bond acceptors (Lipinski definition) is 6. The van der Waals surface area contributed by atoms with E-state index in [2.05, 4.69) is 10.3 Å². The van der Waals surface area contributed by atoms with Crippen LogP contribution in [0, 0.1) is 0 Å². The first kappa shape index (κ1) is 23.3. The summed E-state index contributed by atoms with van der Waals surface area (Å²) in [6.45, 7) is 2.45. The van der Waals surface area contributed by atoms with Crippen LogP contribution in [0.4, 0.5) is 5.69 Å². The Balaban J connectivity index is 1.78. The van der Waals surface area contributed by atoms with Gasteiger partial charge in [-0.15, -0.1) is 0 Å². The lowest BCUT2D eigenvalue weighted by molar-refractivity contribution is -0.145. The van der Waals surface area contributed by atoms with Gasteiger partial charge in [0.05, 0.1) is 36.5 Å². The highest BCUT2D eigenvalue weighted by Crippen LogP contribution is 2.30. The largest absolute Gasteiger partial charge is 0.496 e. The number of amides is 2. The zero-order valence-corrected chi connectivity index (χ0v) is 19.8. The number of carbonyl (C=O) groups excluding carboxylic acids is 3. The van der Waals surface area contributed by atoms with Crippen molar-refractivity contribution < 1.29 is 23.9 Å². The minimum absolute atomic E-state index is 0.300. The number of aryl methyl sites for hydroxylation is 2. The van der Waals surface area contributed by atoms with E-state index < -0.39 is 12.0 Å². The molecule has 4 rings (SSSR count). The average Bonchev–Trinajstić information content (AvgIpc) is 3.47. The molecule has 178 valence electrons. The molecule has 9 nitrogen and oxygen atoms in total. The highest BCUT2D eigenvalue weighted by atomic mass is 16.5. The van der Waals surface area contributed by atoms with E-state index in [4.69, 9.17) is 9.47 Å². The van der Waals surface area contributed by atoms with Crippen molar-refractivity contribution in [3.63, 3.8) is 0 Å². The fourth-order valence-electron chi connectivity index (χ4n) is 4.51. The van der Waals surface area contributed by atoms with Gasteiger partial charge in [-0.3, -0.25) is 9.59 Å². The van der Waals surface area contributed by atoms with Crippen LogP contribution in [0.2, 0.25) is 0 Å². The lowest BCUT2D eigenvalue weighted by Crippen LogP contribution is -2.41. The first-order valence-electron chi connectivity index (χ1n) is 11.2. The second kappa shape index (κ2) is 9.54. The third kappa shape index (κ3) is 4.09. The van der Waals surface area contributed by atoms with Gasteiger partial charge in [0.25, 0.3) is 11.8 Å². The molecule has 2 heterocycles. The van der Waals surface area contributed by atoms with Crippen LogP contribution in [0.15, 0.2) is 36.4 Å². The van der Waals surface area contributed by atoms with Gasteiger partial charge in [-0.25, -0.2) is 9.78 Å². The van der Waals surface area contributed by atoms with E-state index in [0.29, 0.717) is 59.4 Å². The van der Waals surface area contributed by atoms with Crippen LogP contribution in [-0.4, -0.2) is 59.0 Å². The zero-order valence-electron chi connectivity index (χ0n) is 19.8. The molecule has 0 saturated carbocycles. The van der Waals surface area contributed by atoms with Gasteiger partial charge in [0.1, 0.15) is 17.6 Å². The minimum Gasteiger partial charge on any atom is -0.496 e. The number of carbonyl (C=O) groups is 3. The van der Waals surface area contributed by atoms with Crippen LogP contribution in [0.3, 0.4) is 0 Å². The van der Waals surface area contributed by atoms with E-state index in [-0.39, 0.29) is 11.8 Å². The second-order valence-corrected chi connectivity index (χ2v) is 8.17. The summed E-state index contributed by atoms with van der Waals surface area (Å²) in [4.78, 5) is 45.0.